The number of rotatable bonds is 5. The van der Waals surface area contributed by atoms with Crippen LogP contribution in [0.5, 0.6) is 0 Å². The SMILES string of the molecule is C=CCN(Cc1cnc2ncccn12)[C@H]1CCS(=O)(=O)C1. The van der Waals surface area contributed by atoms with Gasteiger partial charge in [0, 0.05) is 31.5 Å². The van der Waals surface area contributed by atoms with E-state index in [-0.39, 0.29) is 17.5 Å². The van der Waals surface area contributed by atoms with Crippen LogP contribution in [-0.2, 0) is 16.4 Å². The molecule has 3 rings (SSSR count). The molecule has 0 N–H and O–H groups in total. The average molecular weight is 306 g/mol. The molecular weight excluding hydrogens is 288 g/mol. The Morgan fingerprint density at radius 2 is 2.33 bits per heavy atom. The Morgan fingerprint density at radius 1 is 1.48 bits per heavy atom. The Kier molecular flexibility index (Phi) is 3.77. The van der Waals surface area contributed by atoms with E-state index in [1.54, 1.807) is 12.4 Å². The molecule has 0 aliphatic carbocycles. The van der Waals surface area contributed by atoms with Gasteiger partial charge in [-0.15, -0.1) is 6.58 Å². The van der Waals surface area contributed by atoms with Crippen LogP contribution >= 0.6 is 0 Å². The quantitative estimate of drug-likeness (QED) is 0.768. The van der Waals surface area contributed by atoms with Crippen LogP contribution in [0.3, 0.4) is 0 Å². The first kappa shape index (κ1) is 14.2. The van der Waals surface area contributed by atoms with Gasteiger partial charge < -0.3 is 0 Å². The van der Waals surface area contributed by atoms with Crippen LogP contribution in [0, 0.1) is 0 Å². The molecule has 112 valence electrons. The maximum Gasteiger partial charge on any atom is 0.233 e. The molecule has 0 radical (unpaired) electrons. The molecule has 0 aromatic carbocycles. The van der Waals surface area contributed by atoms with Gasteiger partial charge in [0.25, 0.3) is 0 Å². The predicted octanol–water partition coefficient (Wildman–Crippen LogP) is 0.904. The van der Waals surface area contributed by atoms with Crippen molar-refractivity contribution in [3.8, 4) is 0 Å². The zero-order chi connectivity index (χ0) is 14.9. The maximum atomic E-state index is 11.7. The highest BCUT2D eigenvalue weighted by molar-refractivity contribution is 7.91. The molecule has 0 bridgehead atoms. The fraction of sp³-hybridized carbons (Fsp3) is 0.429. The highest BCUT2D eigenvalue weighted by atomic mass is 32.2. The Bertz CT molecular complexity index is 753. The molecule has 2 aromatic rings. The second-order valence-corrected chi connectivity index (χ2v) is 7.54. The molecule has 1 fully saturated rings. The normalized spacial score (nSPS) is 21.1. The molecule has 0 saturated carbocycles. The summed E-state index contributed by atoms with van der Waals surface area (Å²) in [4.78, 5) is 10.6. The van der Waals surface area contributed by atoms with E-state index in [4.69, 9.17) is 0 Å². The lowest BCUT2D eigenvalue weighted by Crippen LogP contribution is -2.36. The Balaban J connectivity index is 1.84. The lowest BCUT2D eigenvalue weighted by atomic mass is 10.2. The number of nitrogens with zero attached hydrogens (tertiary/aromatic N) is 4. The summed E-state index contributed by atoms with van der Waals surface area (Å²) in [6, 6.07) is 1.91. The lowest BCUT2D eigenvalue weighted by molar-refractivity contribution is 0.223. The van der Waals surface area contributed by atoms with Gasteiger partial charge in [0.2, 0.25) is 5.78 Å². The van der Waals surface area contributed by atoms with Gasteiger partial charge in [-0.25, -0.2) is 18.4 Å². The highest BCUT2D eigenvalue weighted by Gasteiger charge is 2.32. The van der Waals surface area contributed by atoms with Crippen molar-refractivity contribution in [3.63, 3.8) is 0 Å². The van der Waals surface area contributed by atoms with Gasteiger partial charge in [0.1, 0.15) is 0 Å². The molecule has 6 nitrogen and oxygen atoms in total. The smallest absolute Gasteiger partial charge is 0.233 e. The van der Waals surface area contributed by atoms with Crippen molar-refractivity contribution >= 4 is 15.6 Å². The first-order valence-electron chi connectivity index (χ1n) is 6.91. The van der Waals surface area contributed by atoms with E-state index in [2.05, 4.69) is 21.4 Å². The summed E-state index contributed by atoms with van der Waals surface area (Å²) in [5.41, 5.74) is 1.00. The van der Waals surface area contributed by atoms with Gasteiger partial charge in [-0.3, -0.25) is 9.30 Å². The van der Waals surface area contributed by atoms with Crippen LogP contribution in [0.4, 0.5) is 0 Å². The lowest BCUT2D eigenvalue weighted by Gasteiger charge is -2.26. The minimum Gasteiger partial charge on any atom is -0.290 e. The van der Waals surface area contributed by atoms with Crippen LogP contribution in [0.25, 0.3) is 5.78 Å². The fourth-order valence-electron chi connectivity index (χ4n) is 2.77. The number of aromatic nitrogens is 3. The third-order valence-electron chi connectivity index (χ3n) is 3.82. The summed E-state index contributed by atoms with van der Waals surface area (Å²) < 4.78 is 25.3. The molecule has 3 heterocycles. The molecule has 21 heavy (non-hydrogen) atoms. The number of imidazole rings is 1. The molecular formula is C14H18N4O2S. The van der Waals surface area contributed by atoms with E-state index in [0.29, 0.717) is 25.3 Å². The van der Waals surface area contributed by atoms with Crippen molar-refractivity contribution < 1.29 is 8.42 Å². The van der Waals surface area contributed by atoms with Crippen molar-refractivity contribution in [1.82, 2.24) is 19.3 Å². The monoisotopic (exact) mass is 306 g/mol. The summed E-state index contributed by atoms with van der Waals surface area (Å²) in [5, 5.41) is 0. The van der Waals surface area contributed by atoms with Gasteiger partial charge in [-0.2, -0.15) is 0 Å². The van der Waals surface area contributed by atoms with E-state index in [9.17, 15) is 8.42 Å². The minimum atomic E-state index is -2.89. The maximum absolute atomic E-state index is 11.7. The Morgan fingerprint density at radius 3 is 3.05 bits per heavy atom. The molecule has 0 spiro atoms. The van der Waals surface area contributed by atoms with Crippen molar-refractivity contribution in [2.45, 2.75) is 19.0 Å². The van der Waals surface area contributed by atoms with Crippen LogP contribution in [0.1, 0.15) is 12.1 Å². The second kappa shape index (κ2) is 5.57. The van der Waals surface area contributed by atoms with Crippen LogP contribution in [0.15, 0.2) is 37.3 Å². The van der Waals surface area contributed by atoms with Crippen molar-refractivity contribution in [1.29, 1.82) is 0 Å². The van der Waals surface area contributed by atoms with Gasteiger partial charge in [-0.1, -0.05) is 6.08 Å². The van der Waals surface area contributed by atoms with Crippen LogP contribution in [-0.4, -0.2) is 51.8 Å². The standard InChI is InChI=1S/C14H18N4O2S/c1-2-6-17(12-4-8-21(19,20)11-12)10-13-9-16-14-15-5-3-7-18(13)14/h2-3,5,7,9,12H,1,4,6,8,10-11H2/t12-/m0/s1. The summed E-state index contributed by atoms with van der Waals surface area (Å²) in [7, 11) is -2.89. The topological polar surface area (TPSA) is 67.6 Å². The number of sulfone groups is 1. The van der Waals surface area contributed by atoms with Crippen LogP contribution in [0.2, 0.25) is 0 Å². The summed E-state index contributed by atoms with van der Waals surface area (Å²) in [6.07, 6.45) is 7.92. The van der Waals surface area contributed by atoms with E-state index in [1.165, 1.54) is 0 Å². The highest BCUT2D eigenvalue weighted by Crippen LogP contribution is 2.20. The summed E-state index contributed by atoms with van der Waals surface area (Å²) in [6.45, 7) is 5.07. The van der Waals surface area contributed by atoms with Gasteiger partial charge in [0.15, 0.2) is 9.84 Å². The van der Waals surface area contributed by atoms with Crippen molar-refractivity contribution in [2.75, 3.05) is 18.1 Å². The van der Waals surface area contributed by atoms with E-state index >= 15 is 0 Å². The first-order valence-corrected chi connectivity index (χ1v) is 8.73. The third kappa shape index (κ3) is 2.98. The third-order valence-corrected chi connectivity index (χ3v) is 5.57. The number of hydrogen-bond acceptors (Lipinski definition) is 5. The zero-order valence-corrected chi connectivity index (χ0v) is 12.5. The summed E-state index contributed by atoms with van der Waals surface area (Å²) >= 11 is 0. The molecule has 1 atom stereocenters. The molecule has 1 aliphatic heterocycles. The number of hydrogen-bond donors (Lipinski definition) is 0. The van der Waals surface area contributed by atoms with Gasteiger partial charge in [0.05, 0.1) is 23.4 Å². The van der Waals surface area contributed by atoms with Gasteiger partial charge >= 0.3 is 0 Å². The van der Waals surface area contributed by atoms with E-state index < -0.39 is 9.84 Å². The molecule has 7 heteroatoms. The predicted molar refractivity (Wildman–Crippen MR) is 80.7 cm³/mol. The van der Waals surface area contributed by atoms with E-state index in [0.717, 1.165) is 5.69 Å². The second-order valence-electron chi connectivity index (χ2n) is 5.31. The van der Waals surface area contributed by atoms with Crippen molar-refractivity contribution in [2.24, 2.45) is 0 Å². The Hall–Kier alpha value is -1.73. The Labute approximate surface area is 124 Å². The van der Waals surface area contributed by atoms with Crippen LogP contribution < -0.4 is 0 Å². The fourth-order valence-corrected chi connectivity index (χ4v) is 4.54. The van der Waals surface area contributed by atoms with Gasteiger partial charge in [-0.05, 0) is 12.5 Å². The average Bonchev–Trinajstić information content (AvgIpc) is 3.02. The molecule has 2 aromatic heterocycles. The summed E-state index contributed by atoms with van der Waals surface area (Å²) in [5.74, 6) is 1.17. The zero-order valence-electron chi connectivity index (χ0n) is 11.7. The largest absolute Gasteiger partial charge is 0.290 e. The molecule has 0 amide bonds. The van der Waals surface area contributed by atoms with Crippen molar-refractivity contribution in [3.05, 3.63) is 43.0 Å². The first-order chi connectivity index (χ1) is 10.1. The number of fused-ring (bicyclic) bond motifs is 1. The molecule has 1 saturated heterocycles. The minimum absolute atomic E-state index is 0.0511. The van der Waals surface area contributed by atoms with E-state index in [1.807, 2.05) is 22.7 Å². The molecule has 1 aliphatic rings. The molecule has 0 unspecified atom stereocenters.